The third kappa shape index (κ3) is 6.04. The highest BCUT2D eigenvalue weighted by atomic mass is 32.2. The van der Waals surface area contributed by atoms with Gasteiger partial charge in [0.15, 0.2) is 0 Å². The van der Waals surface area contributed by atoms with Gasteiger partial charge in [-0.2, -0.15) is 16.7 Å². The fourth-order valence-corrected chi connectivity index (χ4v) is 4.31. The molecule has 3 aromatic rings. The van der Waals surface area contributed by atoms with Gasteiger partial charge in [-0.1, -0.05) is 11.6 Å². The predicted molar refractivity (Wildman–Crippen MR) is 133 cm³/mol. The molecule has 0 spiro atoms. The Morgan fingerprint density at radius 2 is 1.88 bits per heavy atom. The standard InChI is InChI=1S/C25H26N4O3S/c1-16(2)13-23(30)26-18-5-4-6-20(14-18)32-24-21-15-33-12-11-22(21)28-25(29-24)27-17-7-9-19(31-3)10-8-17/h4-10,13-14H,11-12,15H2,1-3H3,(H,26,30)(H,27,28,29). The maximum absolute atomic E-state index is 12.1. The first-order valence-electron chi connectivity index (χ1n) is 10.6. The minimum atomic E-state index is -0.172. The van der Waals surface area contributed by atoms with Crippen LogP contribution in [0.3, 0.4) is 0 Å². The van der Waals surface area contributed by atoms with Gasteiger partial charge in [0.25, 0.3) is 0 Å². The Hall–Kier alpha value is -3.52. The average Bonchev–Trinajstić information content (AvgIpc) is 2.79. The molecule has 1 aliphatic heterocycles. The van der Waals surface area contributed by atoms with E-state index in [0.717, 1.165) is 46.2 Å². The number of amides is 1. The molecule has 8 heteroatoms. The number of rotatable bonds is 7. The second-order valence-corrected chi connectivity index (χ2v) is 8.88. The summed E-state index contributed by atoms with van der Waals surface area (Å²) in [6.07, 6.45) is 2.41. The average molecular weight is 463 g/mol. The van der Waals surface area contributed by atoms with E-state index in [1.807, 2.05) is 68.1 Å². The van der Waals surface area contributed by atoms with E-state index < -0.39 is 0 Å². The molecule has 1 amide bonds. The van der Waals surface area contributed by atoms with E-state index in [9.17, 15) is 4.79 Å². The van der Waals surface area contributed by atoms with E-state index in [0.29, 0.717) is 23.3 Å². The Morgan fingerprint density at radius 3 is 2.64 bits per heavy atom. The summed E-state index contributed by atoms with van der Waals surface area (Å²) in [7, 11) is 1.64. The number of aryl methyl sites for hydroxylation is 1. The van der Waals surface area contributed by atoms with Crippen LogP contribution in [0.15, 0.2) is 60.2 Å². The molecule has 0 fully saturated rings. The number of anilines is 3. The lowest BCUT2D eigenvalue weighted by Crippen LogP contribution is -2.11. The number of nitrogens with zero attached hydrogens (tertiary/aromatic N) is 2. The van der Waals surface area contributed by atoms with Crippen molar-refractivity contribution in [3.63, 3.8) is 0 Å². The van der Waals surface area contributed by atoms with Gasteiger partial charge >= 0.3 is 0 Å². The van der Waals surface area contributed by atoms with Crippen molar-refractivity contribution in [1.82, 2.24) is 9.97 Å². The molecule has 0 atom stereocenters. The molecule has 0 bridgehead atoms. The molecule has 2 aromatic carbocycles. The Kier molecular flexibility index (Phi) is 7.14. The van der Waals surface area contributed by atoms with E-state index in [4.69, 9.17) is 14.5 Å². The fraction of sp³-hybridized carbons (Fsp3) is 0.240. The molecule has 0 saturated heterocycles. The van der Waals surface area contributed by atoms with E-state index in [1.54, 1.807) is 19.3 Å². The topological polar surface area (TPSA) is 85.4 Å². The maximum Gasteiger partial charge on any atom is 0.248 e. The van der Waals surface area contributed by atoms with Gasteiger partial charge in [0, 0.05) is 34.8 Å². The van der Waals surface area contributed by atoms with Gasteiger partial charge in [-0.3, -0.25) is 4.79 Å². The number of methoxy groups -OCH3 is 1. The first kappa shape index (κ1) is 22.7. The van der Waals surface area contributed by atoms with Crippen molar-refractivity contribution in [2.75, 3.05) is 23.5 Å². The van der Waals surface area contributed by atoms with Crippen LogP contribution in [0.1, 0.15) is 25.1 Å². The lowest BCUT2D eigenvalue weighted by atomic mass is 10.2. The van der Waals surface area contributed by atoms with Crippen molar-refractivity contribution in [2.24, 2.45) is 0 Å². The number of benzene rings is 2. The third-order valence-electron chi connectivity index (χ3n) is 4.87. The number of carbonyl (C=O) groups excluding carboxylic acids is 1. The lowest BCUT2D eigenvalue weighted by molar-refractivity contribution is -0.111. The van der Waals surface area contributed by atoms with Gasteiger partial charge in [0.1, 0.15) is 11.5 Å². The number of aromatic nitrogens is 2. The first-order chi connectivity index (χ1) is 16.0. The Morgan fingerprint density at radius 1 is 1.06 bits per heavy atom. The predicted octanol–water partition coefficient (Wildman–Crippen LogP) is 5.72. The van der Waals surface area contributed by atoms with E-state index in [2.05, 4.69) is 15.6 Å². The van der Waals surface area contributed by atoms with Gasteiger partial charge in [-0.15, -0.1) is 0 Å². The molecule has 7 nitrogen and oxygen atoms in total. The molecule has 4 rings (SSSR count). The molecule has 1 aliphatic rings. The third-order valence-corrected chi connectivity index (χ3v) is 5.85. The molecule has 1 aromatic heterocycles. The summed E-state index contributed by atoms with van der Waals surface area (Å²) < 4.78 is 11.4. The zero-order valence-electron chi connectivity index (χ0n) is 18.8. The number of allylic oxidation sites excluding steroid dienone is 1. The molecule has 0 aliphatic carbocycles. The van der Waals surface area contributed by atoms with E-state index in [1.165, 1.54) is 0 Å². The second kappa shape index (κ2) is 10.4. The number of carbonyl (C=O) groups is 1. The zero-order valence-corrected chi connectivity index (χ0v) is 19.7. The minimum Gasteiger partial charge on any atom is -0.497 e. The molecule has 170 valence electrons. The summed E-state index contributed by atoms with van der Waals surface area (Å²) >= 11 is 1.84. The first-order valence-corrected chi connectivity index (χ1v) is 11.8. The summed E-state index contributed by atoms with van der Waals surface area (Å²) in [5, 5.41) is 6.12. The second-order valence-electron chi connectivity index (χ2n) is 7.77. The monoisotopic (exact) mass is 462 g/mol. The van der Waals surface area contributed by atoms with Crippen molar-refractivity contribution < 1.29 is 14.3 Å². The molecular weight excluding hydrogens is 436 g/mol. The number of ether oxygens (including phenoxy) is 2. The van der Waals surface area contributed by atoms with Crippen molar-refractivity contribution in [3.05, 3.63) is 71.4 Å². The summed E-state index contributed by atoms with van der Waals surface area (Å²) in [5.74, 6) is 4.02. The highest BCUT2D eigenvalue weighted by Gasteiger charge is 2.20. The SMILES string of the molecule is COc1ccc(Nc2nc3c(c(Oc4cccc(NC(=O)C=C(C)C)c4)n2)CSCC3)cc1. The molecule has 0 unspecified atom stereocenters. The summed E-state index contributed by atoms with van der Waals surface area (Å²) in [6.45, 7) is 3.76. The van der Waals surface area contributed by atoms with Gasteiger partial charge in [0.05, 0.1) is 12.8 Å². The quantitative estimate of drug-likeness (QED) is 0.435. The van der Waals surface area contributed by atoms with Crippen LogP contribution in [0.4, 0.5) is 17.3 Å². The normalized spacial score (nSPS) is 12.3. The number of nitrogens with one attached hydrogen (secondary N) is 2. The lowest BCUT2D eigenvalue weighted by Gasteiger charge is -2.19. The minimum absolute atomic E-state index is 0.172. The molecule has 33 heavy (non-hydrogen) atoms. The number of hydrogen-bond donors (Lipinski definition) is 2. The van der Waals surface area contributed by atoms with Crippen LogP contribution < -0.4 is 20.1 Å². The van der Waals surface area contributed by atoms with Crippen molar-refractivity contribution in [1.29, 1.82) is 0 Å². The smallest absolute Gasteiger partial charge is 0.248 e. The van der Waals surface area contributed by atoms with Crippen molar-refractivity contribution in [2.45, 2.75) is 26.0 Å². The summed E-state index contributed by atoms with van der Waals surface area (Å²) in [4.78, 5) is 21.5. The fourth-order valence-electron chi connectivity index (χ4n) is 3.34. The summed E-state index contributed by atoms with van der Waals surface area (Å²) in [6, 6.07) is 14.9. The largest absolute Gasteiger partial charge is 0.497 e. The van der Waals surface area contributed by atoms with Crippen LogP contribution in [-0.4, -0.2) is 28.7 Å². The molecule has 0 saturated carbocycles. The van der Waals surface area contributed by atoms with Crippen LogP contribution in [0.5, 0.6) is 17.4 Å². The van der Waals surface area contributed by atoms with Crippen LogP contribution in [0.2, 0.25) is 0 Å². The Bertz CT molecular complexity index is 1170. The Balaban J connectivity index is 1.59. The van der Waals surface area contributed by atoms with Crippen LogP contribution in [0, 0.1) is 0 Å². The summed E-state index contributed by atoms with van der Waals surface area (Å²) in [5.41, 5.74) is 4.44. The highest BCUT2D eigenvalue weighted by Crippen LogP contribution is 2.34. The van der Waals surface area contributed by atoms with Gasteiger partial charge in [0.2, 0.25) is 17.7 Å². The molecule has 2 N–H and O–H groups in total. The number of thioether (sulfide) groups is 1. The van der Waals surface area contributed by atoms with Gasteiger partial charge in [-0.25, -0.2) is 4.98 Å². The van der Waals surface area contributed by atoms with Crippen LogP contribution in [-0.2, 0) is 17.0 Å². The molecule has 2 heterocycles. The van der Waals surface area contributed by atoms with Crippen LogP contribution >= 0.6 is 11.8 Å². The van der Waals surface area contributed by atoms with E-state index in [-0.39, 0.29) is 5.91 Å². The number of hydrogen-bond acceptors (Lipinski definition) is 7. The zero-order chi connectivity index (χ0) is 23.2. The number of fused-ring (bicyclic) bond motifs is 1. The highest BCUT2D eigenvalue weighted by molar-refractivity contribution is 7.98. The van der Waals surface area contributed by atoms with Crippen molar-refractivity contribution >= 4 is 35.0 Å². The van der Waals surface area contributed by atoms with E-state index >= 15 is 0 Å². The maximum atomic E-state index is 12.1. The Labute approximate surface area is 197 Å². The molecule has 0 radical (unpaired) electrons. The van der Waals surface area contributed by atoms with Crippen molar-refractivity contribution in [3.8, 4) is 17.4 Å². The van der Waals surface area contributed by atoms with Crippen LogP contribution in [0.25, 0.3) is 0 Å². The molecular formula is C25H26N4O3S. The van der Waals surface area contributed by atoms with Gasteiger partial charge in [-0.05, 0) is 62.4 Å². The van der Waals surface area contributed by atoms with Gasteiger partial charge < -0.3 is 20.1 Å².